The Morgan fingerprint density at radius 1 is 1.47 bits per heavy atom. The van der Waals surface area contributed by atoms with Gasteiger partial charge in [0.25, 0.3) is 0 Å². The topological polar surface area (TPSA) is 75.6 Å². The van der Waals surface area contributed by atoms with Crippen LogP contribution in [0.5, 0.6) is 5.75 Å². The number of hydrogen-bond donors (Lipinski definition) is 2. The molecule has 0 saturated heterocycles. The number of hydrogen-bond acceptors (Lipinski definition) is 4. The highest BCUT2D eigenvalue weighted by Crippen LogP contribution is 2.26. The molecule has 0 heterocycles. The summed E-state index contributed by atoms with van der Waals surface area (Å²) in [6.45, 7) is 2.17. The summed E-state index contributed by atoms with van der Waals surface area (Å²) in [5.41, 5.74) is 0. The highest BCUT2D eigenvalue weighted by molar-refractivity contribution is 7.89. The molecule has 7 heteroatoms. The number of sulfonamides is 1. The molecule has 108 valence electrons. The Labute approximate surface area is 118 Å². The van der Waals surface area contributed by atoms with E-state index in [0.29, 0.717) is 12.2 Å². The number of aliphatic hydroxyl groups is 1. The van der Waals surface area contributed by atoms with Gasteiger partial charge in [0.1, 0.15) is 5.75 Å². The van der Waals surface area contributed by atoms with Crippen molar-refractivity contribution in [3.63, 3.8) is 0 Å². The molecule has 1 atom stereocenters. The van der Waals surface area contributed by atoms with Crippen LogP contribution in [0.4, 0.5) is 0 Å². The molecule has 0 aromatic heterocycles. The Balaban J connectivity index is 2.80. The smallest absolute Gasteiger partial charge is 0.240 e. The lowest BCUT2D eigenvalue weighted by Crippen LogP contribution is -2.28. The number of halogens is 1. The molecule has 2 N–H and O–H groups in total. The van der Waals surface area contributed by atoms with Crippen molar-refractivity contribution in [2.45, 2.75) is 18.2 Å². The van der Waals surface area contributed by atoms with Crippen molar-refractivity contribution >= 4 is 21.6 Å². The fraction of sp³-hybridized carbons (Fsp3) is 0.500. The third-order valence-electron chi connectivity index (χ3n) is 2.68. The van der Waals surface area contributed by atoms with E-state index in [1.165, 1.54) is 25.3 Å². The van der Waals surface area contributed by atoms with Crippen LogP contribution in [0.1, 0.15) is 13.3 Å². The second kappa shape index (κ2) is 7.09. The van der Waals surface area contributed by atoms with Gasteiger partial charge in [0.15, 0.2) is 0 Å². The number of methoxy groups -OCH3 is 1. The van der Waals surface area contributed by atoms with E-state index < -0.39 is 10.0 Å². The lowest BCUT2D eigenvalue weighted by Gasteiger charge is -2.12. The lowest BCUT2D eigenvalue weighted by atomic mass is 10.1. The molecule has 1 aromatic rings. The monoisotopic (exact) mass is 307 g/mol. The highest BCUT2D eigenvalue weighted by Gasteiger charge is 2.16. The first-order chi connectivity index (χ1) is 8.90. The summed E-state index contributed by atoms with van der Waals surface area (Å²) in [7, 11) is -2.13. The van der Waals surface area contributed by atoms with Crippen LogP contribution in [0.3, 0.4) is 0 Å². The van der Waals surface area contributed by atoms with Crippen LogP contribution >= 0.6 is 11.6 Å². The van der Waals surface area contributed by atoms with E-state index in [1.807, 2.05) is 6.92 Å². The van der Waals surface area contributed by atoms with E-state index in [0.717, 1.165) is 0 Å². The van der Waals surface area contributed by atoms with Crippen molar-refractivity contribution in [2.75, 3.05) is 20.3 Å². The highest BCUT2D eigenvalue weighted by atomic mass is 35.5. The predicted octanol–water partition coefficient (Wildman–Crippen LogP) is 1.65. The van der Waals surface area contributed by atoms with Crippen molar-refractivity contribution < 1.29 is 18.3 Å². The molecule has 0 radical (unpaired) electrons. The average molecular weight is 308 g/mol. The van der Waals surface area contributed by atoms with Gasteiger partial charge in [-0.1, -0.05) is 18.5 Å². The fourth-order valence-electron chi connectivity index (χ4n) is 1.47. The molecule has 5 nitrogen and oxygen atoms in total. The van der Waals surface area contributed by atoms with Crippen LogP contribution in [0.2, 0.25) is 5.02 Å². The molecule has 0 spiro atoms. The summed E-state index contributed by atoms with van der Waals surface area (Å²) in [5, 5.41) is 9.01. The normalized spacial score (nSPS) is 13.3. The minimum absolute atomic E-state index is 0.0389. The Kier molecular flexibility index (Phi) is 6.06. The Morgan fingerprint density at radius 3 is 2.68 bits per heavy atom. The van der Waals surface area contributed by atoms with Gasteiger partial charge in [0.05, 0.1) is 17.0 Å². The quantitative estimate of drug-likeness (QED) is 0.803. The molecule has 0 aliphatic heterocycles. The summed E-state index contributed by atoms with van der Waals surface area (Å²) in [4.78, 5) is 0.0921. The SMILES string of the molecule is COc1ccc(S(=O)(=O)NCC(C)CCO)cc1Cl. The van der Waals surface area contributed by atoms with Crippen LogP contribution in [-0.2, 0) is 10.0 Å². The average Bonchev–Trinajstić information content (AvgIpc) is 2.37. The molecular weight excluding hydrogens is 290 g/mol. The molecule has 0 amide bonds. The van der Waals surface area contributed by atoms with E-state index in [4.69, 9.17) is 21.4 Å². The van der Waals surface area contributed by atoms with E-state index in [1.54, 1.807) is 0 Å². The summed E-state index contributed by atoms with van der Waals surface area (Å²) in [6.07, 6.45) is 0.548. The van der Waals surface area contributed by atoms with Gasteiger partial charge in [-0.2, -0.15) is 0 Å². The molecule has 0 aliphatic carbocycles. The molecule has 19 heavy (non-hydrogen) atoms. The standard InChI is InChI=1S/C12H18ClNO4S/c1-9(5-6-15)8-14-19(16,17)10-3-4-12(18-2)11(13)7-10/h3-4,7,9,14-15H,5-6,8H2,1-2H3. The molecule has 0 fully saturated rings. The number of aliphatic hydroxyl groups excluding tert-OH is 1. The zero-order valence-electron chi connectivity index (χ0n) is 10.9. The van der Waals surface area contributed by atoms with Gasteiger partial charge in [-0.3, -0.25) is 0 Å². The van der Waals surface area contributed by atoms with Gasteiger partial charge in [-0.15, -0.1) is 0 Å². The minimum atomic E-state index is -3.59. The van der Waals surface area contributed by atoms with Gasteiger partial charge in [-0.25, -0.2) is 13.1 Å². The molecule has 1 unspecified atom stereocenters. The summed E-state index contributed by atoms with van der Waals surface area (Å²) < 4.78 is 31.5. The minimum Gasteiger partial charge on any atom is -0.495 e. The second-order valence-corrected chi connectivity index (χ2v) is 6.44. The maximum absolute atomic E-state index is 12.0. The van der Waals surface area contributed by atoms with Gasteiger partial charge in [0, 0.05) is 13.2 Å². The van der Waals surface area contributed by atoms with Crippen molar-refractivity contribution in [3.8, 4) is 5.75 Å². The van der Waals surface area contributed by atoms with Gasteiger partial charge in [-0.05, 0) is 30.5 Å². The van der Waals surface area contributed by atoms with E-state index >= 15 is 0 Å². The number of benzene rings is 1. The van der Waals surface area contributed by atoms with Crippen LogP contribution in [0.15, 0.2) is 23.1 Å². The zero-order chi connectivity index (χ0) is 14.5. The van der Waals surface area contributed by atoms with E-state index in [2.05, 4.69) is 4.72 Å². The van der Waals surface area contributed by atoms with Crippen LogP contribution in [0.25, 0.3) is 0 Å². The maximum atomic E-state index is 12.0. The van der Waals surface area contributed by atoms with Crippen LogP contribution < -0.4 is 9.46 Å². The van der Waals surface area contributed by atoms with E-state index in [-0.39, 0.29) is 29.0 Å². The lowest BCUT2D eigenvalue weighted by molar-refractivity contribution is 0.263. The zero-order valence-corrected chi connectivity index (χ0v) is 12.5. The van der Waals surface area contributed by atoms with E-state index in [9.17, 15) is 8.42 Å². The van der Waals surface area contributed by atoms with Crippen molar-refractivity contribution in [3.05, 3.63) is 23.2 Å². The summed E-state index contributed by atoms with van der Waals surface area (Å²) in [5.74, 6) is 0.489. The first kappa shape index (κ1) is 16.2. The van der Waals surface area contributed by atoms with Gasteiger partial charge < -0.3 is 9.84 Å². The predicted molar refractivity (Wildman–Crippen MR) is 74.1 cm³/mol. The summed E-state index contributed by atoms with van der Waals surface area (Å²) in [6, 6.07) is 4.29. The van der Waals surface area contributed by atoms with Crippen molar-refractivity contribution in [2.24, 2.45) is 5.92 Å². The number of ether oxygens (including phenoxy) is 1. The first-order valence-electron chi connectivity index (χ1n) is 5.84. The largest absolute Gasteiger partial charge is 0.495 e. The number of nitrogens with one attached hydrogen (secondary N) is 1. The Morgan fingerprint density at radius 2 is 2.16 bits per heavy atom. The summed E-state index contributed by atoms with van der Waals surface area (Å²) >= 11 is 5.90. The molecule has 0 bridgehead atoms. The molecule has 0 saturated carbocycles. The third-order valence-corrected chi connectivity index (χ3v) is 4.39. The second-order valence-electron chi connectivity index (χ2n) is 4.27. The molecule has 1 aromatic carbocycles. The third kappa shape index (κ3) is 4.65. The molecule has 1 rings (SSSR count). The van der Waals surface area contributed by atoms with Gasteiger partial charge >= 0.3 is 0 Å². The Hall–Kier alpha value is -0.820. The fourth-order valence-corrected chi connectivity index (χ4v) is 2.99. The first-order valence-corrected chi connectivity index (χ1v) is 7.71. The van der Waals surface area contributed by atoms with Crippen LogP contribution in [0, 0.1) is 5.92 Å². The molecular formula is C12H18ClNO4S. The van der Waals surface area contributed by atoms with Crippen LogP contribution in [-0.4, -0.2) is 33.8 Å². The molecule has 0 aliphatic rings. The van der Waals surface area contributed by atoms with Crippen molar-refractivity contribution in [1.29, 1.82) is 0 Å². The van der Waals surface area contributed by atoms with Crippen molar-refractivity contribution in [1.82, 2.24) is 4.72 Å². The maximum Gasteiger partial charge on any atom is 0.240 e. The number of rotatable bonds is 7. The Bertz CT molecular complexity index is 518. The van der Waals surface area contributed by atoms with Gasteiger partial charge in [0.2, 0.25) is 10.0 Å².